The van der Waals surface area contributed by atoms with Crippen molar-refractivity contribution in [1.29, 1.82) is 0 Å². The number of benzene rings is 2. The highest BCUT2D eigenvalue weighted by Gasteiger charge is 2.20. The molecular formula is C22H22ClN3O4S. The summed E-state index contributed by atoms with van der Waals surface area (Å²) in [6.45, 7) is 3.71. The van der Waals surface area contributed by atoms with Gasteiger partial charge in [0.2, 0.25) is 5.91 Å². The number of hydrogen-bond donors (Lipinski definition) is 1. The molecule has 0 aliphatic carbocycles. The zero-order valence-corrected chi connectivity index (χ0v) is 19.1. The highest BCUT2D eigenvalue weighted by atomic mass is 35.5. The number of nitrogens with zero attached hydrogens (tertiary/aromatic N) is 2. The van der Waals surface area contributed by atoms with Gasteiger partial charge in [-0.1, -0.05) is 41.1 Å². The van der Waals surface area contributed by atoms with Gasteiger partial charge >= 0.3 is 0 Å². The second-order valence-electron chi connectivity index (χ2n) is 6.69. The number of anilines is 1. The van der Waals surface area contributed by atoms with Crippen LogP contribution in [0, 0.1) is 6.92 Å². The Kier molecular flexibility index (Phi) is 7.25. The molecule has 0 fully saturated rings. The van der Waals surface area contributed by atoms with Crippen molar-refractivity contribution in [2.75, 3.05) is 19.5 Å². The Morgan fingerprint density at radius 2 is 1.84 bits per heavy atom. The number of halogens is 1. The SMILES string of the molecule is COc1cc(Cl)c(NC(=O)[C@@H](C)Sc2ccc(=O)n(-c3ccc(C)cc3)n2)c(OC)c1. The average molecular weight is 460 g/mol. The molecule has 2 aromatic carbocycles. The second kappa shape index (κ2) is 9.89. The van der Waals surface area contributed by atoms with Crippen LogP contribution in [0.1, 0.15) is 12.5 Å². The number of amides is 1. The van der Waals surface area contributed by atoms with E-state index in [1.54, 1.807) is 25.1 Å². The van der Waals surface area contributed by atoms with E-state index in [9.17, 15) is 9.59 Å². The fourth-order valence-electron chi connectivity index (χ4n) is 2.75. The Morgan fingerprint density at radius 1 is 1.13 bits per heavy atom. The molecule has 0 saturated carbocycles. The van der Waals surface area contributed by atoms with Crippen LogP contribution in [0.25, 0.3) is 5.69 Å². The maximum absolute atomic E-state index is 12.8. The van der Waals surface area contributed by atoms with Crippen molar-refractivity contribution in [3.63, 3.8) is 0 Å². The van der Waals surface area contributed by atoms with Gasteiger partial charge in [0.15, 0.2) is 0 Å². The lowest BCUT2D eigenvalue weighted by molar-refractivity contribution is -0.115. The third-order valence-corrected chi connectivity index (χ3v) is 5.78. The molecule has 0 radical (unpaired) electrons. The van der Waals surface area contributed by atoms with Crippen LogP contribution in [0.2, 0.25) is 5.02 Å². The van der Waals surface area contributed by atoms with E-state index in [0.717, 1.165) is 5.56 Å². The third-order valence-electron chi connectivity index (χ3n) is 4.45. The lowest BCUT2D eigenvalue weighted by atomic mass is 10.2. The minimum Gasteiger partial charge on any atom is -0.497 e. The predicted octanol–water partition coefficient (Wildman–Crippen LogP) is 4.33. The summed E-state index contributed by atoms with van der Waals surface area (Å²) in [6, 6.07) is 13.7. The first-order valence-electron chi connectivity index (χ1n) is 9.39. The van der Waals surface area contributed by atoms with Crippen molar-refractivity contribution in [3.8, 4) is 17.2 Å². The summed E-state index contributed by atoms with van der Waals surface area (Å²) in [5, 5.41) is 7.51. The molecule has 1 atom stereocenters. The molecule has 7 nitrogen and oxygen atoms in total. The third kappa shape index (κ3) is 5.39. The van der Waals surface area contributed by atoms with Crippen LogP contribution in [-0.4, -0.2) is 35.2 Å². The molecular weight excluding hydrogens is 438 g/mol. The normalized spacial score (nSPS) is 11.6. The quantitative estimate of drug-likeness (QED) is 0.529. The molecule has 31 heavy (non-hydrogen) atoms. The highest BCUT2D eigenvalue weighted by Crippen LogP contribution is 2.37. The monoisotopic (exact) mass is 459 g/mol. The summed E-state index contributed by atoms with van der Waals surface area (Å²) in [4.78, 5) is 25.0. The van der Waals surface area contributed by atoms with Crippen LogP contribution in [0.3, 0.4) is 0 Å². The number of carbonyl (C=O) groups excluding carboxylic acids is 1. The molecule has 0 aliphatic heterocycles. The molecule has 162 valence electrons. The number of carbonyl (C=O) groups is 1. The number of hydrogen-bond acceptors (Lipinski definition) is 6. The largest absolute Gasteiger partial charge is 0.497 e. The van der Waals surface area contributed by atoms with Gasteiger partial charge < -0.3 is 14.8 Å². The van der Waals surface area contributed by atoms with E-state index >= 15 is 0 Å². The standard InChI is InChI=1S/C22H22ClN3O4S/c1-13-5-7-15(8-6-13)26-20(27)10-9-19(25-26)31-14(2)22(28)24-21-17(23)11-16(29-3)12-18(21)30-4/h5-12,14H,1-4H3,(H,24,28)/t14-/m1/s1. The number of methoxy groups -OCH3 is 2. The summed E-state index contributed by atoms with van der Waals surface area (Å²) >= 11 is 7.51. The molecule has 1 amide bonds. The van der Waals surface area contributed by atoms with E-state index in [1.165, 1.54) is 36.7 Å². The maximum atomic E-state index is 12.8. The first kappa shape index (κ1) is 22.7. The van der Waals surface area contributed by atoms with Crippen LogP contribution in [0.4, 0.5) is 5.69 Å². The lowest BCUT2D eigenvalue weighted by Gasteiger charge is -2.16. The Bertz CT molecular complexity index is 1150. The van der Waals surface area contributed by atoms with E-state index in [-0.39, 0.29) is 11.5 Å². The topological polar surface area (TPSA) is 82.5 Å². The van der Waals surface area contributed by atoms with E-state index < -0.39 is 5.25 Å². The number of thioether (sulfide) groups is 1. The minimum absolute atomic E-state index is 0.250. The number of ether oxygens (including phenoxy) is 2. The molecule has 1 N–H and O–H groups in total. The molecule has 3 rings (SSSR count). The smallest absolute Gasteiger partial charge is 0.271 e. The summed E-state index contributed by atoms with van der Waals surface area (Å²) in [7, 11) is 3.00. The van der Waals surface area contributed by atoms with Crippen molar-refractivity contribution in [2.45, 2.75) is 24.1 Å². The van der Waals surface area contributed by atoms with E-state index in [0.29, 0.717) is 32.9 Å². The van der Waals surface area contributed by atoms with Crippen LogP contribution in [0.5, 0.6) is 11.5 Å². The minimum atomic E-state index is -0.514. The average Bonchev–Trinajstić information content (AvgIpc) is 2.76. The van der Waals surface area contributed by atoms with E-state index in [2.05, 4.69) is 10.4 Å². The van der Waals surface area contributed by atoms with Crippen LogP contribution in [-0.2, 0) is 4.79 Å². The van der Waals surface area contributed by atoms with Crippen molar-refractivity contribution in [3.05, 3.63) is 69.5 Å². The first-order valence-corrected chi connectivity index (χ1v) is 10.6. The van der Waals surface area contributed by atoms with Gasteiger partial charge in [0.25, 0.3) is 5.56 Å². The van der Waals surface area contributed by atoms with Crippen molar-refractivity contribution in [2.24, 2.45) is 0 Å². The number of aromatic nitrogens is 2. The van der Waals surface area contributed by atoms with Gasteiger partial charge in [-0.2, -0.15) is 9.78 Å². The summed E-state index contributed by atoms with van der Waals surface area (Å²) in [5.41, 5.74) is 1.85. The highest BCUT2D eigenvalue weighted by molar-refractivity contribution is 8.00. The Morgan fingerprint density at radius 3 is 2.48 bits per heavy atom. The van der Waals surface area contributed by atoms with Gasteiger partial charge in [0.05, 0.1) is 30.2 Å². The van der Waals surface area contributed by atoms with Crippen LogP contribution >= 0.6 is 23.4 Å². The zero-order valence-electron chi connectivity index (χ0n) is 17.5. The Balaban J connectivity index is 1.78. The summed E-state index contributed by atoms with van der Waals surface area (Å²) < 4.78 is 11.8. The maximum Gasteiger partial charge on any atom is 0.271 e. The number of nitrogens with one attached hydrogen (secondary N) is 1. The van der Waals surface area contributed by atoms with Gasteiger partial charge in [-0.3, -0.25) is 9.59 Å². The Hall–Kier alpha value is -2.97. The number of aryl methyl sites for hydroxylation is 1. The summed E-state index contributed by atoms with van der Waals surface area (Å²) in [6.07, 6.45) is 0. The van der Waals surface area contributed by atoms with Gasteiger partial charge in [-0.05, 0) is 32.0 Å². The molecule has 3 aromatic rings. The van der Waals surface area contributed by atoms with Crippen molar-refractivity contribution in [1.82, 2.24) is 9.78 Å². The van der Waals surface area contributed by atoms with Crippen molar-refractivity contribution >= 4 is 35.0 Å². The van der Waals surface area contributed by atoms with Gasteiger partial charge in [0, 0.05) is 18.2 Å². The molecule has 0 aliphatic rings. The van der Waals surface area contributed by atoms with Gasteiger partial charge in [-0.15, -0.1) is 0 Å². The molecule has 0 bridgehead atoms. The predicted molar refractivity (Wildman–Crippen MR) is 123 cm³/mol. The van der Waals surface area contributed by atoms with Gasteiger partial charge in [0.1, 0.15) is 22.2 Å². The lowest BCUT2D eigenvalue weighted by Crippen LogP contribution is -2.24. The van der Waals surface area contributed by atoms with Crippen LogP contribution < -0.4 is 20.3 Å². The summed E-state index contributed by atoms with van der Waals surface area (Å²) in [5.74, 6) is 0.621. The molecule has 1 heterocycles. The van der Waals surface area contributed by atoms with E-state index in [1.807, 2.05) is 31.2 Å². The fourth-order valence-corrected chi connectivity index (χ4v) is 3.80. The molecule has 1 aromatic heterocycles. The second-order valence-corrected chi connectivity index (χ2v) is 8.46. The van der Waals surface area contributed by atoms with Crippen LogP contribution in [0.15, 0.2) is 58.4 Å². The van der Waals surface area contributed by atoms with Gasteiger partial charge in [-0.25, -0.2) is 0 Å². The van der Waals surface area contributed by atoms with Crippen molar-refractivity contribution < 1.29 is 14.3 Å². The molecule has 0 unspecified atom stereocenters. The first-order chi connectivity index (χ1) is 14.8. The molecule has 0 spiro atoms. The zero-order chi connectivity index (χ0) is 22.5. The molecule has 0 saturated heterocycles. The number of rotatable bonds is 7. The van der Waals surface area contributed by atoms with E-state index in [4.69, 9.17) is 21.1 Å². The Labute approximate surface area is 189 Å². The fraction of sp³-hybridized carbons (Fsp3) is 0.227. The molecule has 9 heteroatoms.